The Morgan fingerprint density at radius 2 is 0.893 bits per heavy atom. The lowest BCUT2D eigenvalue weighted by molar-refractivity contribution is 0.669. The summed E-state index contributed by atoms with van der Waals surface area (Å²) in [6.45, 7) is 0. The highest BCUT2D eigenvalue weighted by molar-refractivity contribution is 7.26. The molecule has 11 aromatic rings. The topological polar surface area (TPSA) is 51.8 Å². The van der Waals surface area contributed by atoms with Crippen molar-refractivity contribution in [1.82, 2.24) is 15.0 Å². The maximum Gasteiger partial charge on any atom is 0.164 e. The van der Waals surface area contributed by atoms with Crippen LogP contribution in [0.15, 0.2) is 192 Å². The van der Waals surface area contributed by atoms with Crippen LogP contribution in [-0.4, -0.2) is 15.0 Å². The summed E-state index contributed by atoms with van der Waals surface area (Å²) in [6, 6.07) is 65.6. The molecule has 56 heavy (non-hydrogen) atoms. The van der Waals surface area contributed by atoms with Gasteiger partial charge in [0.05, 0.1) is 0 Å². The van der Waals surface area contributed by atoms with Crippen LogP contribution in [0, 0.1) is 0 Å². The number of thiophene rings is 1. The van der Waals surface area contributed by atoms with Gasteiger partial charge >= 0.3 is 0 Å². The molecule has 262 valence electrons. The third kappa shape index (κ3) is 5.56. The van der Waals surface area contributed by atoms with Crippen LogP contribution < -0.4 is 0 Å². The Kier molecular flexibility index (Phi) is 7.64. The summed E-state index contributed by atoms with van der Waals surface area (Å²) in [5, 5.41) is 4.64. The molecule has 5 heteroatoms. The average molecular weight is 734 g/mol. The van der Waals surface area contributed by atoms with Gasteiger partial charge in [-0.3, -0.25) is 0 Å². The maximum atomic E-state index is 6.60. The molecular weight excluding hydrogens is 703 g/mol. The second-order valence-electron chi connectivity index (χ2n) is 14.0. The lowest BCUT2D eigenvalue weighted by Gasteiger charge is -2.11. The van der Waals surface area contributed by atoms with E-state index in [-0.39, 0.29) is 0 Å². The molecule has 0 saturated heterocycles. The summed E-state index contributed by atoms with van der Waals surface area (Å²) in [5.41, 5.74) is 11.3. The van der Waals surface area contributed by atoms with E-state index >= 15 is 0 Å². The largest absolute Gasteiger partial charge is 0.456 e. The van der Waals surface area contributed by atoms with Crippen LogP contribution in [0.2, 0.25) is 0 Å². The fourth-order valence-corrected chi connectivity index (χ4v) is 9.03. The molecule has 0 radical (unpaired) electrons. The van der Waals surface area contributed by atoms with Gasteiger partial charge in [-0.2, -0.15) is 0 Å². The molecule has 3 heterocycles. The Labute approximate surface area is 327 Å². The molecule has 0 N–H and O–H groups in total. The molecule has 8 aromatic carbocycles. The number of furan rings is 1. The molecule has 11 rings (SSSR count). The normalized spacial score (nSPS) is 11.6. The standard InChI is InChI=1S/C51H31N3OS/c1-4-13-32(14-5-1)33-23-25-36(26-24-33)50-52-49(35-17-8-3-9-18-35)53-51(54-50)38-30-42(47-41-19-10-11-22-44(41)55-45(47)31-38)37-27-28-46-43(29-37)40-21-12-20-39(48(40)56-46)34-15-6-2-7-16-34/h1-31H. The van der Waals surface area contributed by atoms with Crippen LogP contribution in [0.25, 0.3) is 110 Å². The van der Waals surface area contributed by atoms with Crippen molar-refractivity contribution in [3.8, 4) is 67.5 Å². The molecule has 0 aliphatic rings. The number of hydrogen-bond acceptors (Lipinski definition) is 5. The van der Waals surface area contributed by atoms with E-state index in [2.05, 4.69) is 140 Å². The van der Waals surface area contributed by atoms with Crippen LogP contribution in [0.5, 0.6) is 0 Å². The van der Waals surface area contributed by atoms with Gasteiger partial charge in [0.15, 0.2) is 17.5 Å². The molecule has 0 atom stereocenters. The number of rotatable bonds is 6. The summed E-state index contributed by atoms with van der Waals surface area (Å²) in [6.07, 6.45) is 0. The number of para-hydroxylation sites is 1. The molecule has 0 saturated carbocycles. The second kappa shape index (κ2) is 13.3. The minimum atomic E-state index is 0.583. The summed E-state index contributed by atoms with van der Waals surface area (Å²) in [4.78, 5) is 15.3. The van der Waals surface area contributed by atoms with Crippen molar-refractivity contribution in [2.75, 3.05) is 0 Å². The number of benzene rings is 8. The zero-order valence-corrected chi connectivity index (χ0v) is 30.9. The molecule has 4 nitrogen and oxygen atoms in total. The van der Waals surface area contributed by atoms with Crippen LogP contribution in [0.3, 0.4) is 0 Å². The highest BCUT2D eigenvalue weighted by Crippen LogP contribution is 2.44. The van der Waals surface area contributed by atoms with Crippen molar-refractivity contribution < 1.29 is 4.42 Å². The van der Waals surface area contributed by atoms with Gasteiger partial charge in [-0.1, -0.05) is 158 Å². The van der Waals surface area contributed by atoms with Gasteiger partial charge in [0.25, 0.3) is 0 Å². The van der Waals surface area contributed by atoms with E-state index < -0.39 is 0 Å². The first-order chi connectivity index (χ1) is 27.7. The van der Waals surface area contributed by atoms with Crippen molar-refractivity contribution in [2.45, 2.75) is 0 Å². The quantitative estimate of drug-likeness (QED) is 0.171. The van der Waals surface area contributed by atoms with Crippen LogP contribution in [-0.2, 0) is 0 Å². The first-order valence-corrected chi connectivity index (χ1v) is 19.5. The van der Waals surface area contributed by atoms with Gasteiger partial charge in [0.1, 0.15) is 11.2 Å². The minimum absolute atomic E-state index is 0.583. The molecule has 0 aliphatic heterocycles. The lowest BCUT2D eigenvalue weighted by Crippen LogP contribution is -2.00. The van der Waals surface area contributed by atoms with E-state index in [1.54, 1.807) is 0 Å². The van der Waals surface area contributed by atoms with E-state index in [1.165, 1.54) is 31.3 Å². The Bertz CT molecular complexity index is 3230. The highest BCUT2D eigenvalue weighted by atomic mass is 32.1. The van der Waals surface area contributed by atoms with Crippen LogP contribution >= 0.6 is 11.3 Å². The summed E-state index contributed by atoms with van der Waals surface area (Å²) in [5.74, 6) is 1.81. The van der Waals surface area contributed by atoms with E-state index in [0.29, 0.717) is 17.5 Å². The number of nitrogens with zero attached hydrogens (tertiary/aromatic N) is 3. The van der Waals surface area contributed by atoms with Gasteiger partial charge < -0.3 is 4.42 Å². The van der Waals surface area contributed by atoms with E-state index in [1.807, 2.05) is 59.9 Å². The second-order valence-corrected chi connectivity index (χ2v) is 15.0. The fourth-order valence-electron chi connectivity index (χ4n) is 7.82. The zero-order chi connectivity index (χ0) is 37.0. The monoisotopic (exact) mass is 733 g/mol. The number of fused-ring (bicyclic) bond motifs is 6. The Balaban J connectivity index is 1.11. The molecule has 0 spiro atoms. The molecule has 0 aliphatic carbocycles. The van der Waals surface area contributed by atoms with E-state index in [4.69, 9.17) is 19.4 Å². The van der Waals surface area contributed by atoms with Crippen LogP contribution in [0.1, 0.15) is 0 Å². The van der Waals surface area contributed by atoms with Crippen molar-refractivity contribution in [3.63, 3.8) is 0 Å². The van der Waals surface area contributed by atoms with Gasteiger partial charge in [0, 0.05) is 47.6 Å². The summed E-state index contributed by atoms with van der Waals surface area (Å²) < 4.78 is 9.15. The molecule has 0 amide bonds. The van der Waals surface area contributed by atoms with Gasteiger partial charge in [-0.05, 0) is 63.7 Å². The maximum absolute atomic E-state index is 6.60. The zero-order valence-electron chi connectivity index (χ0n) is 30.1. The van der Waals surface area contributed by atoms with Gasteiger partial charge in [-0.15, -0.1) is 11.3 Å². The fraction of sp³-hybridized carbons (Fsp3) is 0. The van der Waals surface area contributed by atoms with E-state index in [9.17, 15) is 0 Å². The predicted octanol–water partition coefficient (Wildman–Crippen LogP) is 14.1. The highest BCUT2D eigenvalue weighted by Gasteiger charge is 2.20. The van der Waals surface area contributed by atoms with Crippen molar-refractivity contribution in [2.24, 2.45) is 0 Å². The van der Waals surface area contributed by atoms with Crippen LogP contribution in [0.4, 0.5) is 0 Å². The Morgan fingerprint density at radius 1 is 0.339 bits per heavy atom. The van der Waals surface area contributed by atoms with Crippen molar-refractivity contribution in [3.05, 3.63) is 188 Å². The third-order valence-electron chi connectivity index (χ3n) is 10.5. The number of hydrogen-bond donors (Lipinski definition) is 0. The minimum Gasteiger partial charge on any atom is -0.456 e. The Hall–Kier alpha value is -7.21. The van der Waals surface area contributed by atoms with Crippen molar-refractivity contribution >= 4 is 53.4 Å². The van der Waals surface area contributed by atoms with Gasteiger partial charge in [0.2, 0.25) is 0 Å². The molecule has 0 bridgehead atoms. The summed E-state index contributed by atoms with van der Waals surface area (Å²) in [7, 11) is 0. The average Bonchev–Trinajstić information content (AvgIpc) is 3.85. The predicted molar refractivity (Wildman–Crippen MR) is 233 cm³/mol. The summed E-state index contributed by atoms with van der Waals surface area (Å²) >= 11 is 1.85. The SMILES string of the molecule is c1ccc(-c2ccc(-c3nc(-c4ccccc4)nc(-c4cc(-c5ccc6sc7c(-c8ccccc8)cccc7c6c5)c5c(c4)oc4ccccc45)n3)cc2)cc1. The Morgan fingerprint density at radius 3 is 1.62 bits per heavy atom. The molecular formula is C51H31N3OS. The van der Waals surface area contributed by atoms with E-state index in [0.717, 1.165) is 60.9 Å². The molecule has 0 fully saturated rings. The third-order valence-corrected chi connectivity index (χ3v) is 11.8. The first kappa shape index (κ1) is 32.2. The smallest absolute Gasteiger partial charge is 0.164 e. The lowest BCUT2D eigenvalue weighted by atomic mass is 9.95. The van der Waals surface area contributed by atoms with Crippen molar-refractivity contribution in [1.29, 1.82) is 0 Å². The molecule has 3 aromatic heterocycles. The first-order valence-electron chi connectivity index (χ1n) is 18.7. The number of aromatic nitrogens is 3. The van der Waals surface area contributed by atoms with Gasteiger partial charge in [-0.25, -0.2) is 15.0 Å². The molecule has 0 unspecified atom stereocenters.